The van der Waals surface area contributed by atoms with E-state index in [1.165, 1.54) is 10.8 Å². The first-order valence-electron chi connectivity index (χ1n) is 6.96. The third-order valence-corrected chi connectivity index (χ3v) is 5.47. The molecule has 0 unspecified atom stereocenters. The summed E-state index contributed by atoms with van der Waals surface area (Å²) in [5, 5.41) is 4.93. The number of anilines is 1. The highest BCUT2D eigenvalue weighted by Crippen LogP contribution is 2.15. The molecule has 0 aliphatic rings. The third-order valence-electron chi connectivity index (χ3n) is 3.41. The highest BCUT2D eigenvalue weighted by molar-refractivity contribution is 6.88. The summed E-state index contributed by atoms with van der Waals surface area (Å²) < 4.78 is 5.15. The lowest BCUT2D eigenvalue weighted by molar-refractivity contribution is 0.415. The Balaban J connectivity index is 1.96. The van der Waals surface area contributed by atoms with E-state index >= 15 is 0 Å². The van der Waals surface area contributed by atoms with Crippen LogP contribution in [0.5, 0.6) is 5.75 Å². The summed E-state index contributed by atoms with van der Waals surface area (Å²) in [4.78, 5) is 0. The average molecular weight is 285 g/mol. The molecule has 0 amide bonds. The molecular weight excluding hydrogens is 262 g/mol. The summed E-state index contributed by atoms with van der Waals surface area (Å²) in [6.45, 7) is 7.96. The zero-order valence-electron chi connectivity index (χ0n) is 12.7. The molecule has 2 nitrogen and oxygen atoms in total. The largest absolute Gasteiger partial charge is 0.497 e. The third kappa shape index (κ3) is 3.87. The van der Waals surface area contributed by atoms with Gasteiger partial charge in [-0.3, -0.25) is 0 Å². The minimum absolute atomic E-state index is 0.846. The number of ether oxygens (including phenoxy) is 1. The first kappa shape index (κ1) is 14.7. The van der Waals surface area contributed by atoms with Gasteiger partial charge in [-0.2, -0.15) is 0 Å². The van der Waals surface area contributed by atoms with Crippen LogP contribution >= 0.6 is 0 Å². The van der Waals surface area contributed by atoms with Gasteiger partial charge in [-0.25, -0.2) is 0 Å². The van der Waals surface area contributed by atoms with Crippen molar-refractivity contribution in [2.45, 2.75) is 26.2 Å². The van der Waals surface area contributed by atoms with Gasteiger partial charge in [-0.05, 0) is 29.8 Å². The highest BCUT2D eigenvalue weighted by atomic mass is 28.3. The van der Waals surface area contributed by atoms with Crippen molar-refractivity contribution in [2.75, 3.05) is 12.4 Å². The smallest absolute Gasteiger partial charge is 0.119 e. The van der Waals surface area contributed by atoms with Crippen molar-refractivity contribution < 1.29 is 4.74 Å². The van der Waals surface area contributed by atoms with Crippen LogP contribution in [0.4, 0.5) is 5.69 Å². The minimum Gasteiger partial charge on any atom is -0.497 e. The van der Waals surface area contributed by atoms with Crippen LogP contribution in [-0.4, -0.2) is 15.2 Å². The molecule has 2 aromatic rings. The predicted octanol–water partition coefficient (Wildman–Crippen LogP) is 3.85. The topological polar surface area (TPSA) is 21.3 Å². The zero-order valence-corrected chi connectivity index (χ0v) is 13.7. The van der Waals surface area contributed by atoms with E-state index < -0.39 is 8.07 Å². The molecule has 0 aliphatic heterocycles. The normalized spacial score (nSPS) is 11.2. The van der Waals surface area contributed by atoms with Crippen LogP contribution in [0.3, 0.4) is 0 Å². The lowest BCUT2D eigenvalue weighted by Crippen LogP contribution is -2.37. The van der Waals surface area contributed by atoms with Gasteiger partial charge >= 0.3 is 0 Å². The number of nitrogens with one attached hydrogen (secondary N) is 1. The van der Waals surface area contributed by atoms with Gasteiger partial charge < -0.3 is 10.1 Å². The van der Waals surface area contributed by atoms with Crippen molar-refractivity contribution in [3.63, 3.8) is 0 Å². The maximum absolute atomic E-state index is 5.15. The van der Waals surface area contributed by atoms with Crippen molar-refractivity contribution >= 4 is 18.9 Å². The van der Waals surface area contributed by atoms with E-state index in [0.717, 1.165) is 18.0 Å². The van der Waals surface area contributed by atoms with E-state index in [0.29, 0.717) is 0 Å². The number of rotatable bonds is 5. The molecule has 2 rings (SSSR count). The molecule has 106 valence electrons. The monoisotopic (exact) mass is 285 g/mol. The van der Waals surface area contributed by atoms with Crippen LogP contribution < -0.4 is 15.2 Å². The summed E-state index contributed by atoms with van der Waals surface area (Å²) in [6, 6.07) is 17.0. The van der Waals surface area contributed by atoms with Crippen molar-refractivity contribution in [1.82, 2.24) is 0 Å². The number of benzene rings is 2. The lowest BCUT2D eigenvalue weighted by atomic mass is 10.2. The Morgan fingerprint density at radius 1 is 0.900 bits per heavy atom. The minimum atomic E-state index is -1.19. The Kier molecular flexibility index (Phi) is 4.50. The maximum Gasteiger partial charge on any atom is 0.119 e. The molecule has 0 atom stereocenters. The molecule has 0 saturated carbocycles. The number of methoxy groups -OCH3 is 1. The van der Waals surface area contributed by atoms with Crippen molar-refractivity contribution in [3.05, 3.63) is 54.1 Å². The molecule has 0 saturated heterocycles. The Bertz CT molecular complexity index is 541. The van der Waals surface area contributed by atoms with E-state index in [-0.39, 0.29) is 0 Å². The summed E-state index contributed by atoms with van der Waals surface area (Å²) in [6.07, 6.45) is 0. The lowest BCUT2D eigenvalue weighted by Gasteiger charge is -2.17. The molecule has 3 heteroatoms. The summed E-state index contributed by atoms with van der Waals surface area (Å²) in [5.41, 5.74) is 2.42. The average Bonchev–Trinajstić information content (AvgIpc) is 2.45. The van der Waals surface area contributed by atoms with E-state index in [1.54, 1.807) is 7.11 Å². The molecule has 0 aromatic heterocycles. The van der Waals surface area contributed by atoms with Crippen LogP contribution in [0.15, 0.2) is 48.5 Å². The van der Waals surface area contributed by atoms with Gasteiger partial charge in [0.05, 0.1) is 15.2 Å². The SMILES string of the molecule is COc1ccc(NCc2ccc([Si](C)(C)C)cc2)cc1. The van der Waals surface area contributed by atoms with Gasteiger partial charge in [0, 0.05) is 12.2 Å². The Morgan fingerprint density at radius 3 is 2.00 bits per heavy atom. The second-order valence-electron chi connectivity index (χ2n) is 6.03. The van der Waals surface area contributed by atoms with Crippen LogP contribution in [0.25, 0.3) is 0 Å². The molecule has 20 heavy (non-hydrogen) atoms. The predicted molar refractivity (Wildman–Crippen MR) is 89.7 cm³/mol. The van der Waals surface area contributed by atoms with Crippen molar-refractivity contribution in [1.29, 1.82) is 0 Å². The maximum atomic E-state index is 5.15. The second kappa shape index (κ2) is 6.14. The van der Waals surface area contributed by atoms with Crippen LogP contribution in [-0.2, 0) is 6.54 Å². The first-order valence-corrected chi connectivity index (χ1v) is 10.5. The quantitative estimate of drug-likeness (QED) is 0.843. The number of hydrogen-bond acceptors (Lipinski definition) is 2. The van der Waals surface area contributed by atoms with E-state index in [2.05, 4.69) is 49.2 Å². The molecule has 0 aliphatic carbocycles. The van der Waals surface area contributed by atoms with Gasteiger partial charge in [0.15, 0.2) is 0 Å². The second-order valence-corrected chi connectivity index (χ2v) is 11.1. The fourth-order valence-electron chi connectivity index (χ4n) is 2.04. The Morgan fingerprint density at radius 2 is 1.50 bits per heavy atom. The summed E-state index contributed by atoms with van der Waals surface area (Å²) in [7, 11) is 0.495. The standard InChI is InChI=1S/C17H23NOSi/c1-19-16-9-7-15(8-10-16)18-13-14-5-11-17(12-6-14)20(2,3)4/h5-12,18H,13H2,1-4H3. The molecule has 0 radical (unpaired) electrons. The molecule has 0 heterocycles. The van der Waals surface area contributed by atoms with Crippen LogP contribution in [0.1, 0.15) is 5.56 Å². The van der Waals surface area contributed by atoms with Gasteiger partial charge in [0.2, 0.25) is 0 Å². The highest BCUT2D eigenvalue weighted by Gasteiger charge is 2.15. The molecule has 0 fully saturated rings. The Hall–Kier alpha value is -1.74. The molecule has 2 aromatic carbocycles. The summed E-state index contributed by atoms with van der Waals surface area (Å²) >= 11 is 0. The molecular formula is C17H23NOSi. The van der Waals surface area contributed by atoms with Gasteiger partial charge in [-0.15, -0.1) is 0 Å². The van der Waals surface area contributed by atoms with E-state index in [9.17, 15) is 0 Å². The molecule has 0 bridgehead atoms. The van der Waals surface area contributed by atoms with E-state index in [1.807, 2.05) is 24.3 Å². The van der Waals surface area contributed by atoms with Crippen LogP contribution in [0, 0.1) is 0 Å². The Labute approximate surface area is 122 Å². The van der Waals surface area contributed by atoms with Gasteiger partial charge in [-0.1, -0.05) is 49.1 Å². The number of hydrogen-bond donors (Lipinski definition) is 1. The fraction of sp³-hybridized carbons (Fsp3) is 0.294. The zero-order chi connectivity index (χ0) is 14.6. The van der Waals surface area contributed by atoms with Crippen molar-refractivity contribution in [2.24, 2.45) is 0 Å². The van der Waals surface area contributed by atoms with Gasteiger partial charge in [0.25, 0.3) is 0 Å². The van der Waals surface area contributed by atoms with E-state index in [4.69, 9.17) is 4.74 Å². The molecule has 0 spiro atoms. The summed E-state index contributed by atoms with van der Waals surface area (Å²) in [5.74, 6) is 0.884. The fourth-order valence-corrected chi connectivity index (χ4v) is 3.20. The van der Waals surface area contributed by atoms with Crippen molar-refractivity contribution in [3.8, 4) is 5.75 Å². The first-order chi connectivity index (χ1) is 9.49. The molecule has 1 N–H and O–H groups in total. The van der Waals surface area contributed by atoms with Crippen LogP contribution in [0.2, 0.25) is 19.6 Å². The van der Waals surface area contributed by atoms with Gasteiger partial charge in [0.1, 0.15) is 5.75 Å².